The maximum atomic E-state index is 4.17. The van der Waals surface area contributed by atoms with E-state index in [1.807, 2.05) is 197 Å². The summed E-state index contributed by atoms with van der Waals surface area (Å²) in [7, 11) is 0. The average molecular weight is 968 g/mol. The molecule has 0 saturated heterocycles. The molecule has 13 heteroatoms. The Morgan fingerprint density at radius 2 is 0.653 bits per heavy atom. The van der Waals surface area contributed by atoms with Crippen molar-refractivity contribution >= 4 is 0 Å². The highest BCUT2D eigenvalue weighted by molar-refractivity contribution is 5.15. The quantitative estimate of drug-likeness (QED) is 0.141. The van der Waals surface area contributed by atoms with Gasteiger partial charge in [-0.3, -0.25) is 44.9 Å². The third kappa shape index (κ3) is 34.4. The van der Waals surface area contributed by atoms with Gasteiger partial charge in [0, 0.05) is 109 Å². The molecule has 0 amide bonds. The molecule has 0 aromatic carbocycles. The van der Waals surface area contributed by atoms with Crippen molar-refractivity contribution in [3.05, 3.63) is 243 Å². The van der Waals surface area contributed by atoms with E-state index in [0.717, 1.165) is 74.2 Å². The van der Waals surface area contributed by atoms with E-state index >= 15 is 0 Å². The van der Waals surface area contributed by atoms with Crippen LogP contribution in [0, 0.1) is 125 Å². The summed E-state index contributed by atoms with van der Waals surface area (Å²) in [5, 5.41) is 0. The zero-order valence-electron chi connectivity index (χ0n) is 46.1. The molecule has 0 spiro atoms. The lowest BCUT2D eigenvalue weighted by atomic mass is 10.2. The van der Waals surface area contributed by atoms with Crippen LogP contribution in [-0.2, 0) is 0 Å². The summed E-state index contributed by atoms with van der Waals surface area (Å²) in [4.78, 5) is 52.3. The zero-order chi connectivity index (χ0) is 53.8. The smallest absolute Gasteiger partial charge is 0.125 e. The number of nitrogens with zero attached hydrogens (tertiary/aromatic N) is 13. The molecule has 9 aromatic rings. The first-order chi connectivity index (χ1) is 34.1. The Morgan fingerprint density at radius 1 is 0.222 bits per heavy atom. The lowest BCUT2D eigenvalue weighted by Crippen LogP contribution is -1.86. The summed E-state index contributed by atoms with van der Waals surface area (Å²) in [6, 6.07) is 22.1. The monoisotopic (exact) mass is 968 g/mol. The van der Waals surface area contributed by atoms with Gasteiger partial charge in [0.25, 0.3) is 0 Å². The van der Waals surface area contributed by atoms with Crippen LogP contribution in [0.2, 0.25) is 0 Å². The first-order valence-corrected chi connectivity index (χ1v) is 23.6. The van der Waals surface area contributed by atoms with Crippen molar-refractivity contribution in [2.45, 2.75) is 125 Å². The van der Waals surface area contributed by atoms with Crippen LogP contribution in [0.3, 0.4) is 0 Å². The molecule has 13 nitrogen and oxygen atoms in total. The van der Waals surface area contributed by atoms with Gasteiger partial charge in [0.1, 0.15) is 11.6 Å². The molecular formula is C59H77N13. The molecule has 0 saturated carbocycles. The Hall–Kier alpha value is -7.93. The molecule has 0 fully saturated rings. The molecule has 9 heterocycles. The van der Waals surface area contributed by atoms with Gasteiger partial charge in [0.2, 0.25) is 0 Å². The summed E-state index contributed by atoms with van der Waals surface area (Å²) in [6.45, 7) is 35.6. The van der Waals surface area contributed by atoms with Crippen LogP contribution in [0.4, 0.5) is 0 Å². The third-order valence-corrected chi connectivity index (χ3v) is 8.81. The third-order valence-electron chi connectivity index (χ3n) is 8.81. The SMILES string of the molecule is Cc1ccc(C)nc1.Cc1cccc(C)n1.Cc1ccnc(C)c1.Cc1ccnc(C)c1.Cc1ccnc(C)n1.Cc1cnc(C)cn1.Cc1cnc(C)nc1.Cc1cncc(C)c1.Cc1cncc(C)n1. The van der Waals surface area contributed by atoms with Crippen LogP contribution in [0.1, 0.15) is 102 Å². The van der Waals surface area contributed by atoms with E-state index in [-0.39, 0.29) is 0 Å². The Balaban J connectivity index is 0.000000405. The van der Waals surface area contributed by atoms with Crippen LogP contribution >= 0.6 is 0 Å². The van der Waals surface area contributed by atoms with E-state index in [1.54, 1.807) is 31.0 Å². The molecule has 378 valence electrons. The fourth-order valence-electron chi connectivity index (χ4n) is 5.38. The molecular weight excluding hydrogens is 891 g/mol. The van der Waals surface area contributed by atoms with Crippen LogP contribution in [0.5, 0.6) is 0 Å². The molecule has 0 atom stereocenters. The van der Waals surface area contributed by atoms with E-state index in [0.29, 0.717) is 0 Å². The minimum atomic E-state index is 0.829. The highest BCUT2D eigenvalue weighted by atomic mass is 14.9. The molecule has 0 bridgehead atoms. The van der Waals surface area contributed by atoms with Gasteiger partial charge in [-0.25, -0.2) is 19.9 Å². The van der Waals surface area contributed by atoms with E-state index in [2.05, 4.69) is 103 Å². The standard InChI is InChI=1S/5C7H9N.4C6H8N2/c1-6-3-7(2)5-8-4-6;2*1-6-3-4-8-7(2)5-6;1-6-3-4-7(2)8-5-6;1-6-4-3-5-7(2)8-6;1-5-3-8-6(2)4-7-5;1-5-3-7-4-6(2)8-5;1-5-3-7-6(2)8-4-5;1-5-3-4-7-6(2)8-5/h5*3-5H,1-2H3;4*3-4H,1-2H3. The maximum absolute atomic E-state index is 4.17. The largest absolute Gasteiger partial charge is 0.264 e. The molecule has 0 unspecified atom stereocenters. The summed E-state index contributed by atoms with van der Waals surface area (Å²) < 4.78 is 0. The fourth-order valence-corrected chi connectivity index (χ4v) is 5.38. The first kappa shape index (κ1) is 62.1. The second-order valence-electron chi connectivity index (χ2n) is 17.0. The summed E-state index contributed by atoms with van der Waals surface area (Å²) in [6.07, 6.45) is 21.6. The van der Waals surface area contributed by atoms with Gasteiger partial charge >= 0.3 is 0 Å². The average Bonchev–Trinajstić information content (AvgIpc) is 3.31. The van der Waals surface area contributed by atoms with Crippen LogP contribution in [0.15, 0.2) is 141 Å². The molecule has 9 aromatic heterocycles. The van der Waals surface area contributed by atoms with Gasteiger partial charge in [-0.05, 0) is 207 Å². The minimum absolute atomic E-state index is 0.829. The Labute approximate surface area is 430 Å². The molecule has 0 N–H and O–H groups in total. The summed E-state index contributed by atoms with van der Waals surface area (Å²) in [5.41, 5.74) is 17.7. The maximum Gasteiger partial charge on any atom is 0.125 e. The van der Waals surface area contributed by atoms with Gasteiger partial charge in [-0.1, -0.05) is 18.2 Å². The topological polar surface area (TPSA) is 168 Å². The number of aryl methyl sites for hydroxylation is 18. The summed E-state index contributed by atoms with van der Waals surface area (Å²) in [5.74, 6) is 1.67. The number of pyridine rings is 5. The Kier molecular flexibility index (Phi) is 31.1. The number of rotatable bonds is 0. The molecule has 0 aliphatic carbocycles. The van der Waals surface area contributed by atoms with Crippen LogP contribution in [0.25, 0.3) is 0 Å². The minimum Gasteiger partial charge on any atom is -0.264 e. The zero-order valence-corrected chi connectivity index (χ0v) is 46.1. The van der Waals surface area contributed by atoms with Crippen LogP contribution in [-0.4, -0.2) is 64.8 Å². The van der Waals surface area contributed by atoms with Gasteiger partial charge in [0.05, 0.1) is 22.8 Å². The number of hydrogen-bond acceptors (Lipinski definition) is 13. The van der Waals surface area contributed by atoms with Crippen molar-refractivity contribution in [3.63, 3.8) is 0 Å². The van der Waals surface area contributed by atoms with E-state index < -0.39 is 0 Å². The van der Waals surface area contributed by atoms with Crippen molar-refractivity contribution in [2.24, 2.45) is 0 Å². The molecule has 0 radical (unpaired) electrons. The van der Waals surface area contributed by atoms with Gasteiger partial charge in [-0.15, -0.1) is 0 Å². The molecule has 0 aliphatic heterocycles. The first-order valence-electron chi connectivity index (χ1n) is 23.6. The van der Waals surface area contributed by atoms with Crippen molar-refractivity contribution in [1.82, 2.24) is 64.8 Å². The van der Waals surface area contributed by atoms with E-state index in [4.69, 9.17) is 0 Å². The number of aromatic nitrogens is 13. The predicted molar refractivity (Wildman–Crippen MR) is 295 cm³/mol. The van der Waals surface area contributed by atoms with Crippen molar-refractivity contribution in [3.8, 4) is 0 Å². The van der Waals surface area contributed by atoms with Crippen molar-refractivity contribution < 1.29 is 0 Å². The fraction of sp³-hybridized carbons (Fsp3) is 0.305. The van der Waals surface area contributed by atoms with Gasteiger partial charge in [-0.2, -0.15) is 0 Å². The van der Waals surface area contributed by atoms with Gasteiger partial charge < -0.3 is 0 Å². The Morgan fingerprint density at radius 3 is 0.931 bits per heavy atom. The molecule has 9 rings (SSSR count). The lowest BCUT2D eigenvalue weighted by Gasteiger charge is -1.90. The highest BCUT2D eigenvalue weighted by Gasteiger charge is 1.88. The van der Waals surface area contributed by atoms with E-state index in [1.165, 1.54) is 27.8 Å². The van der Waals surface area contributed by atoms with E-state index in [9.17, 15) is 0 Å². The summed E-state index contributed by atoms with van der Waals surface area (Å²) >= 11 is 0. The normalized spacial score (nSPS) is 9.25. The number of hydrogen-bond donors (Lipinski definition) is 0. The molecule has 72 heavy (non-hydrogen) atoms. The highest BCUT2D eigenvalue weighted by Crippen LogP contribution is 1.99. The second kappa shape index (κ2) is 36.1. The van der Waals surface area contributed by atoms with Crippen LogP contribution < -0.4 is 0 Å². The second-order valence-corrected chi connectivity index (χ2v) is 17.0. The predicted octanol–water partition coefficient (Wildman–Crippen LogP) is 12.9. The van der Waals surface area contributed by atoms with Gasteiger partial charge in [0.15, 0.2) is 0 Å². The lowest BCUT2D eigenvalue weighted by molar-refractivity contribution is 1.01. The van der Waals surface area contributed by atoms with Crippen molar-refractivity contribution in [1.29, 1.82) is 0 Å². The van der Waals surface area contributed by atoms with Crippen molar-refractivity contribution in [2.75, 3.05) is 0 Å². The Bertz CT molecular complexity index is 2230. The molecule has 0 aliphatic rings.